The quantitative estimate of drug-likeness (QED) is 0.805. The predicted molar refractivity (Wildman–Crippen MR) is 91.0 cm³/mol. The molecule has 0 saturated heterocycles. The molecule has 0 saturated carbocycles. The Bertz CT molecular complexity index is 500. The molecule has 0 heterocycles. The molecule has 0 aliphatic rings. The number of ether oxygens (including phenoxy) is 1. The summed E-state index contributed by atoms with van der Waals surface area (Å²) in [5.41, 5.74) is 0.462. The standard InChI is InChI=1S/C18H29FN2O2/c1-6-16(12-20-17(22)23-18(3,4)5)21-13(2)10-14-8-7-9-15(19)11-14/h7-9,11,13,16,21H,6,10,12H2,1-5H3,(H,20,22). The third-order valence-corrected chi connectivity index (χ3v) is 3.34. The van der Waals surface area contributed by atoms with Gasteiger partial charge in [-0.1, -0.05) is 19.1 Å². The molecule has 1 rings (SSSR count). The number of hydrogen-bond donors (Lipinski definition) is 2. The number of carbonyl (C=O) groups is 1. The third kappa shape index (κ3) is 8.55. The first-order chi connectivity index (χ1) is 10.7. The van der Waals surface area contributed by atoms with Gasteiger partial charge in [-0.3, -0.25) is 0 Å². The highest BCUT2D eigenvalue weighted by Crippen LogP contribution is 2.08. The second-order valence-corrected chi connectivity index (χ2v) is 6.89. The van der Waals surface area contributed by atoms with Crippen LogP contribution < -0.4 is 10.6 Å². The number of halogens is 1. The van der Waals surface area contributed by atoms with Crippen LogP contribution in [0.3, 0.4) is 0 Å². The van der Waals surface area contributed by atoms with E-state index >= 15 is 0 Å². The summed E-state index contributed by atoms with van der Waals surface area (Å²) >= 11 is 0. The van der Waals surface area contributed by atoms with Crippen LogP contribution in [-0.2, 0) is 11.2 Å². The topological polar surface area (TPSA) is 50.4 Å². The maximum absolute atomic E-state index is 13.2. The average Bonchev–Trinajstić information content (AvgIpc) is 2.41. The van der Waals surface area contributed by atoms with Gasteiger partial charge in [0.05, 0.1) is 0 Å². The molecule has 0 aliphatic heterocycles. The molecule has 1 amide bonds. The van der Waals surface area contributed by atoms with E-state index in [-0.39, 0.29) is 17.9 Å². The van der Waals surface area contributed by atoms with E-state index in [0.717, 1.165) is 18.4 Å². The fourth-order valence-corrected chi connectivity index (χ4v) is 2.32. The SMILES string of the molecule is CCC(CNC(=O)OC(C)(C)C)NC(C)Cc1cccc(F)c1. The summed E-state index contributed by atoms with van der Waals surface area (Å²) in [4.78, 5) is 11.7. The van der Waals surface area contributed by atoms with E-state index in [1.165, 1.54) is 6.07 Å². The Kier molecular flexibility index (Phi) is 7.49. The molecule has 1 aromatic rings. The normalized spacial score (nSPS) is 14.2. The average molecular weight is 324 g/mol. The maximum Gasteiger partial charge on any atom is 0.407 e. The zero-order valence-electron chi connectivity index (χ0n) is 14.8. The van der Waals surface area contributed by atoms with Crippen molar-refractivity contribution in [3.05, 3.63) is 35.6 Å². The van der Waals surface area contributed by atoms with Crippen LogP contribution in [0.5, 0.6) is 0 Å². The van der Waals surface area contributed by atoms with Gasteiger partial charge in [-0.2, -0.15) is 0 Å². The molecule has 1 aromatic carbocycles. The van der Waals surface area contributed by atoms with E-state index < -0.39 is 11.7 Å². The lowest BCUT2D eigenvalue weighted by atomic mass is 10.1. The van der Waals surface area contributed by atoms with Crippen molar-refractivity contribution in [3.63, 3.8) is 0 Å². The molecule has 0 fully saturated rings. The van der Waals surface area contributed by atoms with Gasteiger partial charge in [-0.05, 0) is 58.2 Å². The lowest BCUT2D eigenvalue weighted by Gasteiger charge is -2.24. The second-order valence-electron chi connectivity index (χ2n) is 6.89. The van der Waals surface area contributed by atoms with Gasteiger partial charge in [0, 0.05) is 18.6 Å². The molecule has 2 unspecified atom stereocenters. The first kappa shape index (κ1) is 19.4. The number of hydrogen-bond acceptors (Lipinski definition) is 3. The molecule has 0 bridgehead atoms. The Hall–Kier alpha value is -1.62. The Labute approximate surface area is 138 Å². The zero-order valence-corrected chi connectivity index (χ0v) is 14.8. The third-order valence-electron chi connectivity index (χ3n) is 3.34. The summed E-state index contributed by atoms with van der Waals surface area (Å²) in [7, 11) is 0. The van der Waals surface area contributed by atoms with Gasteiger partial charge in [0.2, 0.25) is 0 Å². The molecular formula is C18H29FN2O2. The van der Waals surface area contributed by atoms with Crippen LogP contribution in [0.25, 0.3) is 0 Å². The minimum Gasteiger partial charge on any atom is -0.444 e. The van der Waals surface area contributed by atoms with Crippen molar-refractivity contribution in [3.8, 4) is 0 Å². The summed E-state index contributed by atoms with van der Waals surface area (Å²) in [6.07, 6.45) is 1.21. The monoisotopic (exact) mass is 324 g/mol. The van der Waals surface area contributed by atoms with Crippen LogP contribution in [0.4, 0.5) is 9.18 Å². The highest BCUT2D eigenvalue weighted by Gasteiger charge is 2.17. The van der Waals surface area contributed by atoms with E-state index in [0.29, 0.717) is 6.54 Å². The summed E-state index contributed by atoms with van der Waals surface area (Å²) in [6.45, 7) is 10.1. The van der Waals surface area contributed by atoms with E-state index in [4.69, 9.17) is 4.74 Å². The van der Waals surface area contributed by atoms with Crippen molar-refractivity contribution in [1.82, 2.24) is 10.6 Å². The smallest absolute Gasteiger partial charge is 0.407 e. The number of benzene rings is 1. The van der Waals surface area contributed by atoms with Crippen molar-refractivity contribution in [2.24, 2.45) is 0 Å². The summed E-state index contributed by atoms with van der Waals surface area (Å²) in [5.74, 6) is -0.215. The molecule has 0 radical (unpaired) electrons. The highest BCUT2D eigenvalue weighted by atomic mass is 19.1. The zero-order chi connectivity index (χ0) is 17.5. The summed E-state index contributed by atoms with van der Waals surface area (Å²) < 4.78 is 18.4. The largest absolute Gasteiger partial charge is 0.444 e. The minimum atomic E-state index is -0.496. The second kappa shape index (κ2) is 8.87. The molecule has 0 aliphatic carbocycles. The van der Waals surface area contributed by atoms with Crippen molar-refractivity contribution < 1.29 is 13.9 Å². The van der Waals surface area contributed by atoms with Gasteiger partial charge < -0.3 is 15.4 Å². The van der Waals surface area contributed by atoms with Crippen LogP contribution in [0.1, 0.15) is 46.6 Å². The van der Waals surface area contributed by atoms with E-state index in [9.17, 15) is 9.18 Å². The highest BCUT2D eigenvalue weighted by molar-refractivity contribution is 5.67. The van der Waals surface area contributed by atoms with Crippen LogP contribution in [0, 0.1) is 5.82 Å². The lowest BCUT2D eigenvalue weighted by molar-refractivity contribution is 0.0521. The number of rotatable bonds is 7. The molecule has 23 heavy (non-hydrogen) atoms. The van der Waals surface area contributed by atoms with Gasteiger partial charge in [-0.25, -0.2) is 9.18 Å². The fourth-order valence-electron chi connectivity index (χ4n) is 2.32. The molecule has 5 heteroatoms. The molecule has 2 atom stereocenters. The predicted octanol–water partition coefficient (Wildman–Crippen LogP) is 3.65. The van der Waals surface area contributed by atoms with Gasteiger partial charge in [-0.15, -0.1) is 0 Å². The summed E-state index contributed by atoms with van der Waals surface area (Å²) in [6, 6.07) is 6.97. The number of carbonyl (C=O) groups excluding carboxylic acids is 1. The van der Waals surface area contributed by atoms with Gasteiger partial charge >= 0.3 is 6.09 Å². The minimum absolute atomic E-state index is 0.145. The Morgan fingerprint density at radius 1 is 1.35 bits per heavy atom. The van der Waals surface area contributed by atoms with Crippen LogP contribution in [-0.4, -0.2) is 30.3 Å². The Morgan fingerprint density at radius 3 is 2.61 bits per heavy atom. The molecule has 4 nitrogen and oxygen atoms in total. The van der Waals surface area contributed by atoms with Gasteiger partial charge in [0.15, 0.2) is 0 Å². The molecule has 2 N–H and O–H groups in total. The number of nitrogens with one attached hydrogen (secondary N) is 2. The molecule has 130 valence electrons. The number of amides is 1. The van der Waals surface area contributed by atoms with Crippen molar-refractivity contribution in [2.75, 3.05) is 6.54 Å². The summed E-state index contributed by atoms with van der Waals surface area (Å²) in [5, 5.41) is 6.24. The Morgan fingerprint density at radius 2 is 2.04 bits per heavy atom. The maximum atomic E-state index is 13.2. The van der Waals surface area contributed by atoms with Crippen LogP contribution in [0.2, 0.25) is 0 Å². The van der Waals surface area contributed by atoms with Crippen LogP contribution >= 0.6 is 0 Å². The fraction of sp³-hybridized carbons (Fsp3) is 0.611. The van der Waals surface area contributed by atoms with Crippen molar-refractivity contribution in [1.29, 1.82) is 0 Å². The van der Waals surface area contributed by atoms with Gasteiger partial charge in [0.1, 0.15) is 11.4 Å². The first-order valence-electron chi connectivity index (χ1n) is 8.17. The van der Waals surface area contributed by atoms with E-state index in [1.54, 1.807) is 12.1 Å². The van der Waals surface area contributed by atoms with Crippen molar-refractivity contribution in [2.45, 2.75) is 65.1 Å². The first-order valence-corrected chi connectivity index (χ1v) is 8.17. The lowest BCUT2D eigenvalue weighted by Crippen LogP contribution is -2.46. The Balaban J connectivity index is 2.41. The molecule has 0 spiro atoms. The molecule has 0 aromatic heterocycles. The number of alkyl carbamates (subject to hydrolysis) is 1. The van der Waals surface area contributed by atoms with E-state index in [2.05, 4.69) is 24.5 Å². The van der Waals surface area contributed by atoms with Crippen LogP contribution in [0.15, 0.2) is 24.3 Å². The van der Waals surface area contributed by atoms with E-state index in [1.807, 2.05) is 26.8 Å². The molecular weight excluding hydrogens is 295 g/mol. The van der Waals surface area contributed by atoms with Crippen molar-refractivity contribution >= 4 is 6.09 Å². The van der Waals surface area contributed by atoms with Gasteiger partial charge in [0.25, 0.3) is 0 Å².